The largest absolute Gasteiger partial charge is 0.480 e. The summed E-state index contributed by atoms with van der Waals surface area (Å²) in [7, 11) is -3.80. The van der Waals surface area contributed by atoms with Gasteiger partial charge in [0, 0.05) is 11.6 Å². The van der Waals surface area contributed by atoms with Gasteiger partial charge in [0.05, 0.1) is 4.90 Å². The van der Waals surface area contributed by atoms with Crippen molar-refractivity contribution in [2.45, 2.75) is 11.8 Å². The standard InChI is InChI=1S/C10H12ClNO4S/c1-2-12(7-10(13)14)17(15,16)9-5-3-4-8(11)6-9/h3-6H,2,7H2,1H3,(H,13,14). The Labute approximate surface area is 105 Å². The smallest absolute Gasteiger partial charge is 0.318 e. The molecule has 94 valence electrons. The van der Waals surface area contributed by atoms with Crippen molar-refractivity contribution in [1.29, 1.82) is 0 Å². The van der Waals surface area contributed by atoms with E-state index in [0.717, 1.165) is 4.31 Å². The maximum atomic E-state index is 12.1. The Hall–Kier alpha value is -1.11. The molecule has 0 spiro atoms. The first-order valence-corrected chi connectivity index (χ1v) is 6.67. The number of likely N-dealkylation sites (N-methyl/N-ethyl adjacent to an activating group) is 1. The Morgan fingerprint density at radius 3 is 2.59 bits per heavy atom. The number of rotatable bonds is 5. The van der Waals surface area contributed by atoms with Crippen molar-refractivity contribution in [2.75, 3.05) is 13.1 Å². The molecule has 7 heteroatoms. The molecule has 1 rings (SSSR count). The lowest BCUT2D eigenvalue weighted by Gasteiger charge is -2.18. The van der Waals surface area contributed by atoms with Gasteiger partial charge in [-0.05, 0) is 18.2 Å². The SMILES string of the molecule is CCN(CC(=O)O)S(=O)(=O)c1cccc(Cl)c1. The molecule has 0 unspecified atom stereocenters. The number of nitrogens with zero attached hydrogens (tertiary/aromatic N) is 1. The van der Waals surface area contributed by atoms with Gasteiger partial charge in [0.2, 0.25) is 10.0 Å². The molecule has 0 saturated carbocycles. The highest BCUT2D eigenvalue weighted by atomic mass is 35.5. The topological polar surface area (TPSA) is 74.7 Å². The van der Waals surface area contributed by atoms with Gasteiger partial charge in [0.15, 0.2) is 0 Å². The van der Waals surface area contributed by atoms with Crippen LogP contribution in [-0.4, -0.2) is 36.9 Å². The summed E-state index contributed by atoms with van der Waals surface area (Å²) in [6.45, 7) is 1.09. The van der Waals surface area contributed by atoms with E-state index in [9.17, 15) is 13.2 Å². The summed E-state index contributed by atoms with van der Waals surface area (Å²) in [6.07, 6.45) is 0. The lowest BCUT2D eigenvalue weighted by atomic mass is 10.4. The second-order valence-electron chi connectivity index (χ2n) is 3.28. The molecule has 0 aromatic heterocycles. The molecule has 5 nitrogen and oxygen atoms in total. The van der Waals surface area contributed by atoms with Crippen molar-refractivity contribution in [2.24, 2.45) is 0 Å². The molecule has 0 fully saturated rings. The van der Waals surface area contributed by atoms with E-state index in [2.05, 4.69) is 0 Å². The maximum Gasteiger partial charge on any atom is 0.318 e. The van der Waals surface area contributed by atoms with Crippen LogP contribution >= 0.6 is 11.6 Å². The zero-order valence-electron chi connectivity index (χ0n) is 9.13. The third-order valence-corrected chi connectivity index (χ3v) is 4.25. The molecule has 17 heavy (non-hydrogen) atoms. The molecule has 0 heterocycles. The first-order valence-electron chi connectivity index (χ1n) is 4.85. The number of aliphatic carboxylic acids is 1. The van der Waals surface area contributed by atoms with Crippen molar-refractivity contribution < 1.29 is 18.3 Å². The van der Waals surface area contributed by atoms with Gasteiger partial charge in [-0.25, -0.2) is 8.42 Å². The van der Waals surface area contributed by atoms with Gasteiger partial charge in [0.1, 0.15) is 6.54 Å². The second kappa shape index (κ2) is 5.48. The Bertz CT molecular complexity index is 515. The minimum atomic E-state index is -3.80. The fraction of sp³-hybridized carbons (Fsp3) is 0.300. The fourth-order valence-corrected chi connectivity index (χ4v) is 2.99. The Kier molecular flexibility index (Phi) is 4.50. The molecule has 0 aliphatic carbocycles. The van der Waals surface area contributed by atoms with Crippen LogP contribution in [0.2, 0.25) is 5.02 Å². The highest BCUT2D eigenvalue weighted by Crippen LogP contribution is 2.19. The number of carbonyl (C=O) groups is 1. The summed E-state index contributed by atoms with van der Waals surface area (Å²) in [4.78, 5) is 10.6. The number of hydrogen-bond acceptors (Lipinski definition) is 3. The van der Waals surface area contributed by atoms with E-state index >= 15 is 0 Å². The normalized spacial score (nSPS) is 11.7. The molecule has 1 aromatic rings. The van der Waals surface area contributed by atoms with Gasteiger partial charge >= 0.3 is 5.97 Å². The number of sulfonamides is 1. The Balaban J connectivity index is 3.13. The average Bonchev–Trinajstić information content (AvgIpc) is 2.25. The van der Waals surface area contributed by atoms with E-state index < -0.39 is 22.5 Å². The molecule has 0 amide bonds. The summed E-state index contributed by atoms with van der Waals surface area (Å²) in [5.74, 6) is -1.20. The third kappa shape index (κ3) is 3.42. The van der Waals surface area contributed by atoms with Crippen molar-refractivity contribution >= 4 is 27.6 Å². The third-order valence-electron chi connectivity index (χ3n) is 2.10. The number of carboxylic acids is 1. The minimum absolute atomic E-state index is 0.00639. The summed E-state index contributed by atoms with van der Waals surface area (Å²) in [5, 5.41) is 8.94. The summed E-state index contributed by atoms with van der Waals surface area (Å²) < 4.78 is 25.0. The number of carboxylic acid groups (broad SMARTS) is 1. The number of halogens is 1. The second-order valence-corrected chi connectivity index (χ2v) is 5.66. The molecule has 0 bridgehead atoms. The van der Waals surface area contributed by atoms with Crippen molar-refractivity contribution in [3.05, 3.63) is 29.3 Å². The molecule has 0 radical (unpaired) electrons. The summed E-state index contributed by atoms with van der Waals surface area (Å²) in [6, 6.07) is 5.73. The Morgan fingerprint density at radius 1 is 1.47 bits per heavy atom. The molecular weight excluding hydrogens is 266 g/mol. The highest BCUT2D eigenvalue weighted by molar-refractivity contribution is 7.89. The lowest BCUT2D eigenvalue weighted by Crippen LogP contribution is -2.35. The average molecular weight is 278 g/mol. The van der Waals surface area contributed by atoms with Crippen LogP contribution in [0.15, 0.2) is 29.2 Å². The van der Waals surface area contributed by atoms with Gasteiger partial charge in [-0.15, -0.1) is 0 Å². The maximum absolute atomic E-state index is 12.1. The molecule has 0 saturated heterocycles. The van der Waals surface area contributed by atoms with Gasteiger partial charge in [-0.3, -0.25) is 4.79 Å². The van der Waals surface area contributed by atoms with Crippen LogP contribution in [0.4, 0.5) is 0 Å². The van der Waals surface area contributed by atoms with E-state index in [4.69, 9.17) is 16.7 Å². The van der Waals surface area contributed by atoms with E-state index in [0.29, 0.717) is 0 Å². The zero-order valence-corrected chi connectivity index (χ0v) is 10.7. The van der Waals surface area contributed by atoms with Crippen LogP contribution in [0.3, 0.4) is 0 Å². The van der Waals surface area contributed by atoms with Crippen LogP contribution in [0, 0.1) is 0 Å². The van der Waals surface area contributed by atoms with Crippen molar-refractivity contribution in [3.8, 4) is 0 Å². The van der Waals surface area contributed by atoms with E-state index in [1.807, 2.05) is 0 Å². The van der Waals surface area contributed by atoms with Gasteiger partial charge < -0.3 is 5.11 Å². The quantitative estimate of drug-likeness (QED) is 0.884. The number of benzene rings is 1. The first-order chi connectivity index (χ1) is 7.87. The molecular formula is C10H12ClNO4S. The first kappa shape index (κ1) is 14.0. The molecule has 1 aromatic carbocycles. The fourth-order valence-electron chi connectivity index (χ4n) is 1.29. The zero-order chi connectivity index (χ0) is 13.1. The highest BCUT2D eigenvalue weighted by Gasteiger charge is 2.25. The number of hydrogen-bond donors (Lipinski definition) is 1. The van der Waals surface area contributed by atoms with Crippen LogP contribution in [0.5, 0.6) is 0 Å². The van der Waals surface area contributed by atoms with Crippen LogP contribution in [0.25, 0.3) is 0 Å². The molecule has 0 aliphatic rings. The van der Waals surface area contributed by atoms with Gasteiger partial charge in [-0.2, -0.15) is 4.31 Å². The van der Waals surface area contributed by atoms with Crippen LogP contribution in [0.1, 0.15) is 6.92 Å². The molecule has 1 N–H and O–H groups in total. The van der Waals surface area contributed by atoms with Gasteiger partial charge in [-0.1, -0.05) is 24.6 Å². The van der Waals surface area contributed by atoms with Crippen LogP contribution < -0.4 is 0 Å². The predicted molar refractivity (Wildman–Crippen MR) is 63.5 cm³/mol. The van der Waals surface area contributed by atoms with E-state index in [1.165, 1.54) is 18.2 Å². The molecule has 0 atom stereocenters. The van der Waals surface area contributed by atoms with Crippen LogP contribution in [-0.2, 0) is 14.8 Å². The van der Waals surface area contributed by atoms with Crippen molar-refractivity contribution in [1.82, 2.24) is 4.31 Å². The van der Waals surface area contributed by atoms with E-state index in [-0.39, 0.29) is 16.5 Å². The predicted octanol–water partition coefficient (Wildman–Crippen LogP) is 1.44. The molecule has 0 aliphatic heterocycles. The summed E-state index contributed by atoms with van der Waals surface area (Å²) in [5.41, 5.74) is 0. The monoisotopic (exact) mass is 277 g/mol. The summed E-state index contributed by atoms with van der Waals surface area (Å²) >= 11 is 5.71. The van der Waals surface area contributed by atoms with E-state index in [1.54, 1.807) is 13.0 Å². The van der Waals surface area contributed by atoms with Crippen molar-refractivity contribution in [3.63, 3.8) is 0 Å². The Morgan fingerprint density at radius 2 is 2.12 bits per heavy atom. The lowest BCUT2D eigenvalue weighted by molar-refractivity contribution is -0.137. The van der Waals surface area contributed by atoms with Gasteiger partial charge in [0.25, 0.3) is 0 Å². The minimum Gasteiger partial charge on any atom is -0.480 e.